The molecule has 158 valence electrons. The number of carbonyl (C=O) groups is 1. The highest BCUT2D eigenvalue weighted by Crippen LogP contribution is 2.30. The summed E-state index contributed by atoms with van der Waals surface area (Å²) in [5.41, 5.74) is 6.97. The molecule has 0 spiro atoms. The SMILES string of the molecule is [C-]#[N+]c1ccccc1-c1ccc(NC(=O)Cn2nc(C)c(-c3ccnc(C)c3)c2C)nc1. The number of rotatable bonds is 5. The van der Waals surface area contributed by atoms with E-state index in [-0.39, 0.29) is 12.5 Å². The first kappa shape index (κ1) is 20.9. The maximum absolute atomic E-state index is 12.6. The Hall–Kier alpha value is -4.31. The van der Waals surface area contributed by atoms with E-state index in [4.69, 9.17) is 6.57 Å². The van der Waals surface area contributed by atoms with Crippen LogP contribution in [0.3, 0.4) is 0 Å². The van der Waals surface area contributed by atoms with Crippen molar-refractivity contribution in [3.8, 4) is 22.3 Å². The zero-order valence-electron chi connectivity index (χ0n) is 18.1. The molecule has 0 aliphatic carbocycles. The van der Waals surface area contributed by atoms with Gasteiger partial charge in [0.2, 0.25) is 5.91 Å². The Balaban J connectivity index is 1.49. The largest absolute Gasteiger partial charge is 0.309 e. The Labute approximate surface area is 186 Å². The smallest absolute Gasteiger partial charge is 0.247 e. The standard InChI is InChI=1S/C25H22N6O/c1-16-13-19(11-12-27-16)25-17(2)30-31(18(25)3)15-24(32)29-23-10-9-20(14-28-23)21-7-5-6-8-22(21)26-4/h5-14H,15H2,1-3H3,(H,28,29,32). The number of pyridine rings is 2. The van der Waals surface area contributed by atoms with E-state index in [9.17, 15) is 4.79 Å². The monoisotopic (exact) mass is 422 g/mol. The highest BCUT2D eigenvalue weighted by molar-refractivity contribution is 5.90. The number of carbonyl (C=O) groups excluding carboxylic acids is 1. The van der Waals surface area contributed by atoms with Gasteiger partial charge >= 0.3 is 0 Å². The van der Waals surface area contributed by atoms with Crippen molar-refractivity contribution in [3.05, 3.63) is 89.4 Å². The average molecular weight is 422 g/mol. The van der Waals surface area contributed by atoms with E-state index in [2.05, 4.69) is 25.2 Å². The van der Waals surface area contributed by atoms with Crippen LogP contribution < -0.4 is 5.32 Å². The molecule has 7 heteroatoms. The summed E-state index contributed by atoms with van der Waals surface area (Å²) in [6.07, 6.45) is 3.44. The van der Waals surface area contributed by atoms with Crippen LogP contribution in [0.25, 0.3) is 27.1 Å². The van der Waals surface area contributed by atoms with Crippen LogP contribution in [0.1, 0.15) is 17.1 Å². The van der Waals surface area contributed by atoms with Crippen molar-refractivity contribution < 1.29 is 4.79 Å². The first-order valence-electron chi connectivity index (χ1n) is 10.2. The summed E-state index contributed by atoms with van der Waals surface area (Å²) < 4.78 is 1.70. The van der Waals surface area contributed by atoms with Gasteiger partial charge in [-0.05, 0) is 55.7 Å². The quantitative estimate of drug-likeness (QED) is 0.453. The molecule has 1 N–H and O–H groups in total. The Bertz CT molecular complexity index is 1330. The maximum Gasteiger partial charge on any atom is 0.247 e. The summed E-state index contributed by atoms with van der Waals surface area (Å²) >= 11 is 0. The van der Waals surface area contributed by atoms with Crippen molar-refractivity contribution in [1.82, 2.24) is 19.7 Å². The van der Waals surface area contributed by atoms with Crippen LogP contribution in [0.4, 0.5) is 11.5 Å². The molecule has 1 amide bonds. The fourth-order valence-corrected chi connectivity index (χ4v) is 3.73. The van der Waals surface area contributed by atoms with Crippen molar-refractivity contribution in [2.75, 3.05) is 5.32 Å². The minimum Gasteiger partial charge on any atom is -0.309 e. The van der Waals surface area contributed by atoms with Gasteiger partial charge in [-0.2, -0.15) is 5.10 Å². The molecule has 4 aromatic rings. The van der Waals surface area contributed by atoms with Crippen LogP contribution in [-0.4, -0.2) is 25.7 Å². The maximum atomic E-state index is 12.6. The Morgan fingerprint density at radius 2 is 1.88 bits per heavy atom. The lowest BCUT2D eigenvalue weighted by Crippen LogP contribution is -2.20. The number of nitrogens with one attached hydrogen (secondary N) is 1. The topological polar surface area (TPSA) is 77.1 Å². The molecular formula is C25H22N6O. The lowest BCUT2D eigenvalue weighted by atomic mass is 10.0. The van der Waals surface area contributed by atoms with E-state index in [1.807, 2.05) is 57.2 Å². The second-order valence-corrected chi connectivity index (χ2v) is 7.50. The molecule has 0 unspecified atom stereocenters. The normalized spacial score (nSPS) is 10.6. The molecule has 0 radical (unpaired) electrons. The third-order valence-corrected chi connectivity index (χ3v) is 5.23. The molecule has 0 bridgehead atoms. The molecule has 0 fully saturated rings. The van der Waals surface area contributed by atoms with Crippen LogP contribution in [0.2, 0.25) is 0 Å². The van der Waals surface area contributed by atoms with E-state index >= 15 is 0 Å². The van der Waals surface area contributed by atoms with Crippen molar-refractivity contribution in [3.63, 3.8) is 0 Å². The van der Waals surface area contributed by atoms with E-state index < -0.39 is 0 Å². The average Bonchev–Trinajstić information content (AvgIpc) is 3.06. The van der Waals surface area contributed by atoms with E-state index in [0.29, 0.717) is 11.5 Å². The number of aromatic nitrogens is 4. The second-order valence-electron chi connectivity index (χ2n) is 7.50. The van der Waals surface area contributed by atoms with Gasteiger partial charge in [0.25, 0.3) is 0 Å². The van der Waals surface area contributed by atoms with Gasteiger partial charge in [-0.3, -0.25) is 14.5 Å². The summed E-state index contributed by atoms with van der Waals surface area (Å²) in [6, 6.07) is 14.9. The van der Waals surface area contributed by atoms with Crippen molar-refractivity contribution in [1.29, 1.82) is 0 Å². The fourth-order valence-electron chi connectivity index (χ4n) is 3.73. The summed E-state index contributed by atoms with van der Waals surface area (Å²) in [4.78, 5) is 24.8. The molecule has 3 aromatic heterocycles. The van der Waals surface area contributed by atoms with Crippen molar-refractivity contribution >= 4 is 17.4 Å². The Kier molecular flexibility index (Phi) is 5.77. The number of benzene rings is 1. The molecule has 1 aromatic carbocycles. The molecule has 4 rings (SSSR count). The van der Waals surface area contributed by atoms with Gasteiger partial charge in [0.05, 0.1) is 12.3 Å². The number of nitrogens with zero attached hydrogens (tertiary/aromatic N) is 5. The molecule has 0 aliphatic rings. The summed E-state index contributed by atoms with van der Waals surface area (Å²) in [5.74, 6) is 0.237. The predicted octanol–water partition coefficient (Wildman–Crippen LogP) is 5.12. The molecule has 0 saturated carbocycles. The van der Waals surface area contributed by atoms with Gasteiger partial charge in [0.1, 0.15) is 12.4 Å². The minimum absolute atomic E-state index is 0.0841. The second kappa shape index (κ2) is 8.82. The van der Waals surface area contributed by atoms with Crippen molar-refractivity contribution in [2.45, 2.75) is 27.3 Å². The van der Waals surface area contributed by atoms with Gasteiger partial charge in [-0.15, -0.1) is 0 Å². The Morgan fingerprint density at radius 3 is 2.59 bits per heavy atom. The first-order chi connectivity index (χ1) is 15.5. The van der Waals surface area contributed by atoms with Crippen LogP contribution in [0, 0.1) is 27.3 Å². The molecule has 32 heavy (non-hydrogen) atoms. The Morgan fingerprint density at radius 1 is 1.06 bits per heavy atom. The van der Waals surface area contributed by atoms with Gasteiger partial charge in [-0.25, -0.2) is 9.83 Å². The molecular weight excluding hydrogens is 400 g/mol. The van der Waals surface area contributed by atoms with Crippen LogP contribution in [0.15, 0.2) is 60.9 Å². The highest BCUT2D eigenvalue weighted by atomic mass is 16.2. The number of hydrogen-bond acceptors (Lipinski definition) is 4. The summed E-state index contributed by atoms with van der Waals surface area (Å²) in [5, 5.41) is 7.38. The summed E-state index contributed by atoms with van der Waals surface area (Å²) in [7, 11) is 0. The van der Waals surface area contributed by atoms with Gasteiger partial charge in [0, 0.05) is 29.3 Å². The van der Waals surface area contributed by atoms with Crippen LogP contribution in [-0.2, 0) is 11.3 Å². The molecule has 0 aliphatic heterocycles. The van der Waals surface area contributed by atoms with E-state index in [1.54, 1.807) is 29.2 Å². The molecule has 7 nitrogen and oxygen atoms in total. The van der Waals surface area contributed by atoms with E-state index in [1.165, 1.54) is 0 Å². The predicted molar refractivity (Wildman–Crippen MR) is 124 cm³/mol. The number of hydrogen-bond donors (Lipinski definition) is 1. The molecule has 0 saturated heterocycles. The van der Waals surface area contributed by atoms with Gasteiger partial charge in [0.15, 0.2) is 5.69 Å². The zero-order valence-corrected chi connectivity index (χ0v) is 18.1. The zero-order chi connectivity index (χ0) is 22.7. The summed E-state index contributed by atoms with van der Waals surface area (Å²) in [6.45, 7) is 13.2. The lowest BCUT2D eigenvalue weighted by molar-refractivity contribution is -0.117. The first-order valence-corrected chi connectivity index (χ1v) is 10.2. The van der Waals surface area contributed by atoms with Gasteiger partial charge < -0.3 is 5.32 Å². The molecule has 0 atom stereocenters. The van der Waals surface area contributed by atoms with Crippen LogP contribution >= 0.6 is 0 Å². The number of anilines is 1. The van der Waals surface area contributed by atoms with Crippen molar-refractivity contribution in [2.24, 2.45) is 0 Å². The highest BCUT2D eigenvalue weighted by Gasteiger charge is 2.16. The number of para-hydroxylation sites is 1. The molecule has 3 heterocycles. The lowest BCUT2D eigenvalue weighted by Gasteiger charge is -2.08. The van der Waals surface area contributed by atoms with Crippen LogP contribution in [0.5, 0.6) is 0 Å². The third kappa shape index (κ3) is 4.25. The number of aryl methyl sites for hydroxylation is 2. The minimum atomic E-state index is -0.213. The third-order valence-electron chi connectivity index (χ3n) is 5.23. The van der Waals surface area contributed by atoms with Gasteiger partial charge in [-0.1, -0.05) is 30.3 Å². The van der Waals surface area contributed by atoms with E-state index in [0.717, 1.165) is 39.3 Å². The number of amides is 1. The fraction of sp³-hybridized carbons (Fsp3) is 0.160.